The van der Waals surface area contributed by atoms with Gasteiger partial charge in [0, 0.05) is 11.1 Å². The minimum atomic E-state index is -0.682. The third kappa shape index (κ3) is 3.36. The van der Waals surface area contributed by atoms with Crippen molar-refractivity contribution < 1.29 is 9.53 Å². The maximum atomic E-state index is 12.4. The molecule has 4 heteroatoms. The lowest BCUT2D eigenvalue weighted by atomic mass is 10.1. The van der Waals surface area contributed by atoms with Gasteiger partial charge < -0.3 is 10.1 Å². The molecule has 0 fully saturated rings. The lowest BCUT2D eigenvalue weighted by Crippen LogP contribution is -2.30. The van der Waals surface area contributed by atoms with Crippen molar-refractivity contribution in [3.05, 3.63) is 72.3 Å². The molecule has 0 aliphatic heterocycles. The molecular formula is C20H16N2O2. The molecule has 0 aliphatic carbocycles. The molecule has 0 unspecified atom stereocenters. The van der Waals surface area contributed by atoms with E-state index in [0.717, 1.165) is 16.5 Å². The van der Waals surface area contributed by atoms with Gasteiger partial charge in [0.25, 0.3) is 5.91 Å². The number of carbonyl (C=O) groups excluding carboxylic acids is 1. The highest BCUT2D eigenvalue weighted by Crippen LogP contribution is 2.23. The summed E-state index contributed by atoms with van der Waals surface area (Å²) in [5.74, 6) is 0.253. The zero-order valence-electron chi connectivity index (χ0n) is 13.2. The van der Waals surface area contributed by atoms with E-state index in [-0.39, 0.29) is 5.91 Å². The largest absolute Gasteiger partial charge is 0.481 e. The molecule has 0 aromatic heterocycles. The van der Waals surface area contributed by atoms with Gasteiger partial charge >= 0.3 is 0 Å². The first kappa shape index (κ1) is 15.6. The molecule has 0 heterocycles. The molecule has 3 rings (SSSR count). The Labute approximate surface area is 140 Å². The molecule has 118 valence electrons. The summed E-state index contributed by atoms with van der Waals surface area (Å²) in [6, 6.07) is 22.4. The Bertz CT molecular complexity index is 923. The van der Waals surface area contributed by atoms with Crippen molar-refractivity contribution in [2.24, 2.45) is 0 Å². The Morgan fingerprint density at radius 2 is 1.83 bits per heavy atom. The molecule has 24 heavy (non-hydrogen) atoms. The SMILES string of the molecule is C[C@@H](Oc1cccc(C#N)c1)C(=O)Nc1cccc2ccccc12. The first-order chi connectivity index (χ1) is 11.7. The minimum Gasteiger partial charge on any atom is -0.481 e. The Balaban J connectivity index is 1.75. The molecule has 3 aromatic rings. The number of nitrogens with zero attached hydrogens (tertiary/aromatic N) is 1. The van der Waals surface area contributed by atoms with Gasteiger partial charge in [0.05, 0.1) is 11.6 Å². The van der Waals surface area contributed by atoms with E-state index in [2.05, 4.69) is 5.32 Å². The van der Waals surface area contributed by atoms with Gasteiger partial charge in [-0.15, -0.1) is 0 Å². The van der Waals surface area contributed by atoms with Crippen LogP contribution in [-0.4, -0.2) is 12.0 Å². The van der Waals surface area contributed by atoms with E-state index < -0.39 is 6.10 Å². The molecule has 3 aromatic carbocycles. The van der Waals surface area contributed by atoms with Crippen LogP contribution >= 0.6 is 0 Å². The van der Waals surface area contributed by atoms with E-state index in [9.17, 15) is 4.79 Å². The summed E-state index contributed by atoms with van der Waals surface area (Å²) in [5, 5.41) is 13.9. The van der Waals surface area contributed by atoms with Crippen LogP contribution in [0, 0.1) is 11.3 Å². The molecule has 0 saturated carbocycles. The fraction of sp³-hybridized carbons (Fsp3) is 0.100. The number of amides is 1. The predicted octanol–water partition coefficient (Wildman–Crippen LogP) is 4.12. The van der Waals surface area contributed by atoms with Gasteiger partial charge in [-0.05, 0) is 36.6 Å². The van der Waals surface area contributed by atoms with Crippen LogP contribution in [0.3, 0.4) is 0 Å². The van der Waals surface area contributed by atoms with Crippen LogP contribution in [0.15, 0.2) is 66.7 Å². The number of nitriles is 1. The van der Waals surface area contributed by atoms with Gasteiger partial charge in [0.2, 0.25) is 0 Å². The highest BCUT2D eigenvalue weighted by atomic mass is 16.5. The second kappa shape index (κ2) is 6.84. The van der Waals surface area contributed by atoms with E-state index in [1.807, 2.05) is 48.5 Å². The van der Waals surface area contributed by atoms with Gasteiger partial charge in [-0.25, -0.2) is 0 Å². The van der Waals surface area contributed by atoms with Gasteiger partial charge in [-0.1, -0.05) is 42.5 Å². The number of hydrogen-bond acceptors (Lipinski definition) is 3. The molecule has 1 N–H and O–H groups in total. The van der Waals surface area contributed by atoms with E-state index in [0.29, 0.717) is 11.3 Å². The number of anilines is 1. The first-order valence-electron chi connectivity index (χ1n) is 7.63. The van der Waals surface area contributed by atoms with Crippen LogP contribution in [0.2, 0.25) is 0 Å². The van der Waals surface area contributed by atoms with Crippen LogP contribution in [-0.2, 0) is 4.79 Å². The van der Waals surface area contributed by atoms with E-state index >= 15 is 0 Å². The fourth-order valence-electron chi connectivity index (χ4n) is 2.47. The van der Waals surface area contributed by atoms with Crippen molar-refractivity contribution in [2.75, 3.05) is 5.32 Å². The van der Waals surface area contributed by atoms with E-state index in [1.54, 1.807) is 31.2 Å². The summed E-state index contributed by atoms with van der Waals surface area (Å²) < 4.78 is 5.64. The van der Waals surface area contributed by atoms with Gasteiger partial charge in [0.15, 0.2) is 6.10 Å². The third-order valence-electron chi connectivity index (χ3n) is 3.69. The zero-order valence-corrected chi connectivity index (χ0v) is 13.2. The maximum absolute atomic E-state index is 12.4. The second-order valence-corrected chi connectivity index (χ2v) is 5.42. The topological polar surface area (TPSA) is 62.1 Å². The standard InChI is InChI=1S/C20H16N2O2/c1-14(24-17-9-4-6-15(12-17)13-21)20(23)22-19-11-5-8-16-7-2-3-10-18(16)19/h2-12,14H,1H3,(H,22,23)/t14-/m1/s1. The molecule has 0 aliphatic rings. The lowest BCUT2D eigenvalue weighted by molar-refractivity contribution is -0.122. The number of benzene rings is 3. The van der Waals surface area contributed by atoms with E-state index in [1.165, 1.54) is 0 Å². The van der Waals surface area contributed by atoms with Gasteiger partial charge in [-0.2, -0.15) is 5.26 Å². The first-order valence-corrected chi connectivity index (χ1v) is 7.63. The maximum Gasteiger partial charge on any atom is 0.265 e. The summed E-state index contributed by atoms with van der Waals surface area (Å²) >= 11 is 0. The van der Waals surface area contributed by atoms with Crippen molar-refractivity contribution in [1.82, 2.24) is 0 Å². The van der Waals surface area contributed by atoms with Crippen LogP contribution < -0.4 is 10.1 Å². The number of ether oxygens (including phenoxy) is 1. The Hall–Kier alpha value is -3.32. The normalized spacial score (nSPS) is 11.5. The molecule has 0 radical (unpaired) electrons. The summed E-state index contributed by atoms with van der Waals surface area (Å²) in [5.41, 5.74) is 1.24. The Morgan fingerprint density at radius 1 is 1.08 bits per heavy atom. The highest BCUT2D eigenvalue weighted by molar-refractivity contribution is 6.03. The predicted molar refractivity (Wildman–Crippen MR) is 93.8 cm³/mol. The minimum absolute atomic E-state index is 0.242. The number of fused-ring (bicyclic) bond motifs is 1. The lowest BCUT2D eigenvalue weighted by Gasteiger charge is -2.16. The summed E-state index contributed by atoms with van der Waals surface area (Å²) in [7, 11) is 0. The van der Waals surface area contributed by atoms with Crippen molar-refractivity contribution in [3.8, 4) is 11.8 Å². The number of carbonyl (C=O) groups is 1. The molecular weight excluding hydrogens is 300 g/mol. The molecule has 0 spiro atoms. The molecule has 1 amide bonds. The number of nitrogens with one attached hydrogen (secondary N) is 1. The van der Waals surface area contributed by atoms with E-state index in [4.69, 9.17) is 10.00 Å². The highest BCUT2D eigenvalue weighted by Gasteiger charge is 2.16. The second-order valence-electron chi connectivity index (χ2n) is 5.42. The van der Waals surface area contributed by atoms with Crippen LogP contribution in [0.4, 0.5) is 5.69 Å². The molecule has 0 bridgehead atoms. The van der Waals surface area contributed by atoms with Crippen molar-refractivity contribution in [1.29, 1.82) is 5.26 Å². The fourth-order valence-corrected chi connectivity index (χ4v) is 2.47. The average Bonchev–Trinajstić information content (AvgIpc) is 2.62. The summed E-state index contributed by atoms with van der Waals surface area (Å²) in [6.07, 6.45) is -0.682. The summed E-state index contributed by atoms with van der Waals surface area (Å²) in [4.78, 5) is 12.4. The number of hydrogen-bond donors (Lipinski definition) is 1. The van der Waals surface area contributed by atoms with Crippen LogP contribution in [0.25, 0.3) is 10.8 Å². The van der Waals surface area contributed by atoms with Crippen molar-refractivity contribution in [2.45, 2.75) is 13.0 Å². The van der Waals surface area contributed by atoms with Crippen molar-refractivity contribution in [3.63, 3.8) is 0 Å². The average molecular weight is 316 g/mol. The van der Waals surface area contributed by atoms with Crippen LogP contribution in [0.1, 0.15) is 12.5 Å². The smallest absolute Gasteiger partial charge is 0.265 e. The summed E-state index contributed by atoms with van der Waals surface area (Å²) in [6.45, 7) is 1.68. The Morgan fingerprint density at radius 3 is 2.67 bits per heavy atom. The van der Waals surface area contributed by atoms with Gasteiger partial charge in [0.1, 0.15) is 5.75 Å². The van der Waals surface area contributed by atoms with Crippen LogP contribution in [0.5, 0.6) is 5.75 Å². The third-order valence-corrected chi connectivity index (χ3v) is 3.69. The molecule has 1 atom stereocenters. The quantitative estimate of drug-likeness (QED) is 0.787. The van der Waals surface area contributed by atoms with Crippen molar-refractivity contribution >= 4 is 22.4 Å². The number of rotatable bonds is 4. The zero-order chi connectivity index (χ0) is 16.9. The Kier molecular flexibility index (Phi) is 4.44. The molecule has 4 nitrogen and oxygen atoms in total. The van der Waals surface area contributed by atoms with Gasteiger partial charge in [-0.3, -0.25) is 4.79 Å². The molecule has 0 saturated heterocycles. The monoisotopic (exact) mass is 316 g/mol.